The molecule has 1 rings (SSSR count). The van der Waals surface area contributed by atoms with Gasteiger partial charge in [0.2, 0.25) is 11.8 Å². The monoisotopic (exact) mass is 358 g/mol. The number of carbonyl (C=O) groups excluding carboxylic acids is 4. The Kier molecular flexibility index (Phi) is 9.74. The molecule has 0 spiro atoms. The molecule has 2 unspecified atom stereocenters. The maximum Gasteiger partial charge on any atom is 0.239 e. The van der Waals surface area contributed by atoms with Crippen molar-refractivity contribution in [3.05, 3.63) is 0 Å². The Balaban J connectivity index is 0.00000361. The molecule has 1 fully saturated rings. The average Bonchev–Trinajstić information content (AvgIpc) is 2.41. The van der Waals surface area contributed by atoms with Crippen LogP contribution in [0, 0.1) is 0 Å². The Morgan fingerprint density at radius 2 is 1.80 bits per heavy atom. The van der Waals surface area contributed by atoms with E-state index in [2.05, 4.69) is 16.0 Å². The van der Waals surface area contributed by atoms with Crippen molar-refractivity contribution in [1.82, 2.24) is 16.0 Å². The van der Waals surface area contributed by atoms with E-state index in [0.717, 1.165) is 0 Å². The van der Waals surface area contributed by atoms with Gasteiger partial charge in [-0.15, -0.1) is 0 Å². The third kappa shape index (κ3) is 7.18. The zero-order valence-corrected chi connectivity index (χ0v) is 13.8. The standard InChI is InChI=1S/C11H17N4O4.Y/c12-8-3-14-11(19)5-15-10(18)2-1-7(6-16)13-4-9(8)17;/h7-8,13H,1-5,12H2,(H,14,19)(H,15,18);/q-1;. The van der Waals surface area contributed by atoms with Gasteiger partial charge < -0.3 is 26.5 Å². The van der Waals surface area contributed by atoms with E-state index in [1.165, 1.54) is 0 Å². The molecule has 5 N–H and O–H groups in total. The number of nitrogens with one attached hydrogen (secondary N) is 3. The molecule has 0 saturated carbocycles. The zero-order valence-electron chi connectivity index (χ0n) is 11.0. The number of hydrogen-bond acceptors (Lipinski definition) is 6. The van der Waals surface area contributed by atoms with Gasteiger partial charge in [0.25, 0.3) is 0 Å². The van der Waals surface area contributed by atoms with Crippen LogP contribution in [0.3, 0.4) is 0 Å². The molecule has 0 aromatic rings. The van der Waals surface area contributed by atoms with E-state index in [-0.39, 0.29) is 76.9 Å². The molecule has 20 heavy (non-hydrogen) atoms. The summed E-state index contributed by atoms with van der Waals surface area (Å²) in [4.78, 5) is 45.0. The van der Waals surface area contributed by atoms with Crippen LogP contribution in [-0.2, 0) is 51.9 Å². The van der Waals surface area contributed by atoms with Crippen LogP contribution in [0.1, 0.15) is 12.8 Å². The van der Waals surface area contributed by atoms with Gasteiger partial charge in [0.05, 0.1) is 19.1 Å². The summed E-state index contributed by atoms with van der Waals surface area (Å²) >= 11 is 0. The maximum atomic E-state index is 11.6. The van der Waals surface area contributed by atoms with Gasteiger partial charge in [-0.2, -0.15) is 0 Å². The van der Waals surface area contributed by atoms with Crippen molar-refractivity contribution in [2.45, 2.75) is 24.9 Å². The zero-order chi connectivity index (χ0) is 14.3. The number of carbonyl (C=O) groups is 3. The Bertz CT molecular complexity index is 377. The molecule has 0 bridgehead atoms. The van der Waals surface area contributed by atoms with Gasteiger partial charge in [-0.05, 0) is 0 Å². The Morgan fingerprint density at radius 3 is 2.45 bits per heavy atom. The minimum absolute atomic E-state index is 0. The van der Waals surface area contributed by atoms with Gasteiger partial charge in [0.1, 0.15) is 0 Å². The van der Waals surface area contributed by atoms with Crippen LogP contribution in [0.25, 0.3) is 0 Å². The summed E-state index contributed by atoms with van der Waals surface area (Å²) < 4.78 is 0. The van der Waals surface area contributed by atoms with E-state index < -0.39 is 18.0 Å². The fourth-order valence-corrected chi connectivity index (χ4v) is 1.50. The molecule has 8 nitrogen and oxygen atoms in total. The third-order valence-corrected chi connectivity index (χ3v) is 2.70. The van der Waals surface area contributed by atoms with Gasteiger partial charge >= 0.3 is 0 Å². The van der Waals surface area contributed by atoms with Crippen LogP contribution in [0.5, 0.6) is 0 Å². The molecule has 1 saturated heterocycles. The number of amides is 2. The molecular formula is C11H17N4O4Y-. The molecule has 109 valence electrons. The molecular weight excluding hydrogens is 341 g/mol. The molecule has 0 aliphatic carbocycles. The first-order chi connectivity index (χ1) is 9.02. The molecule has 2 atom stereocenters. The van der Waals surface area contributed by atoms with Gasteiger partial charge in [0, 0.05) is 45.7 Å². The summed E-state index contributed by atoms with van der Waals surface area (Å²) in [6, 6.07) is -1.55. The minimum Gasteiger partial charge on any atom is -0.540 e. The van der Waals surface area contributed by atoms with E-state index in [1.54, 1.807) is 6.29 Å². The Hall–Kier alpha value is -0.696. The summed E-state index contributed by atoms with van der Waals surface area (Å²) in [7, 11) is 0. The van der Waals surface area contributed by atoms with Crippen molar-refractivity contribution in [2.24, 2.45) is 5.73 Å². The Labute approximate surface area is 141 Å². The SMILES string of the molecule is NC1CNC(=O)CNC(=O)CCC([C-]=O)NCC1=O.[Y]. The van der Waals surface area contributed by atoms with E-state index >= 15 is 0 Å². The number of Topliss-reactive ketones (excluding diaryl/α,β-unsaturated/α-hetero) is 1. The van der Waals surface area contributed by atoms with E-state index in [4.69, 9.17) is 5.73 Å². The van der Waals surface area contributed by atoms with Crippen LogP contribution in [0.2, 0.25) is 0 Å². The van der Waals surface area contributed by atoms with Crippen molar-refractivity contribution < 1.29 is 51.9 Å². The van der Waals surface area contributed by atoms with Crippen LogP contribution < -0.4 is 21.7 Å². The third-order valence-electron chi connectivity index (χ3n) is 2.70. The smallest absolute Gasteiger partial charge is 0.239 e. The maximum absolute atomic E-state index is 11.6. The molecule has 0 aromatic heterocycles. The largest absolute Gasteiger partial charge is 0.540 e. The normalized spacial score (nSPS) is 25.9. The van der Waals surface area contributed by atoms with Gasteiger partial charge in [-0.25, -0.2) is 6.29 Å². The van der Waals surface area contributed by atoms with Crippen LogP contribution in [0.15, 0.2) is 0 Å². The molecule has 1 heterocycles. The first kappa shape index (κ1) is 19.3. The summed E-state index contributed by atoms with van der Waals surface area (Å²) in [6.45, 7) is -0.286. The average molecular weight is 358 g/mol. The second-order valence-electron chi connectivity index (χ2n) is 4.24. The summed E-state index contributed by atoms with van der Waals surface area (Å²) in [5, 5.41) is 7.52. The predicted molar refractivity (Wildman–Crippen MR) is 65.7 cm³/mol. The van der Waals surface area contributed by atoms with E-state index in [1.807, 2.05) is 0 Å². The molecule has 2 amide bonds. The molecule has 0 aromatic carbocycles. The second kappa shape index (κ2) is 10.1. The van der Waals surface area contributed by atoms with Crippen molar-refractivity contribution >= 4 is 23.9 Å². The fourth-order valence-electron chi connectivity index (χ4n) is 1.50. The summed E-state index contributed by atoms with van der Waals surface area (Å²) in [5.74, 6) is -1.08. The van der Waals surface area contributed by atoms with Gasteiger partial charge in [-0.3, -0.25) is 14.4 Å². The van der Waals surface area contributed by atoms with Crippen molar-refractivity contribution in [3.63, 3.8) is 0 Å². The number of rotatable bonds is 1. The molecule has 1 aliphatic heterocycles. The predicted octanol–water partition coefficient (Wildman–Crippen LogP) is -3.03. The quantitative estimate of drug-likeness (QED) is 0.369. The first-order valence-corrected chi connectivity index (χ1v) is 5.95. The summed E-state index contributed by atoms with van der Waals surface area (Å²) in [6.07, 6.45) is 2.00. The number of nitrogens with two attached hydrogens (primary N) is 1. The second-order valence-corrected chi connectivity index (χ2v) is 4.24. The first-order valence-electron chi connectivity index (χ1n) is 5.95. The van der Waals surface area contributed by atoms with E-state index in [9.17, 15) is 19.2 Å². The van der Waals surface area contributed by atoms with Gasteiger partial charge in [-0.1, -0.05) is 12.5 Å². The number of ketones is 1. The topological polar surface area (TPSA) is 130 Å². The van der Waals surface area contributed by atoms with Crippen LogP contribution >= 0.6 is 0 Å². The fraction of sp³-hybridized carbons (Fsp3) is 0.636. The minimum atomic E-state index is -0.847. The molecule has 1 aliphatic rings. The Morgan fingerprint density at radius 1 is 1.10 bits per heavy atom. The van der Waals surface area contributed by atoms with Crippen LogP contribution in [0.4, 0.5) is 0 Å². The van der Waals surface area contributed by atoms with Crippen molar-refractivity contribution in [1.29, 1.82) is 0 Å². The summed E-state index contributed by atoms with van der Waals surface area (Å²) in [5.41, 5.74) is 5.58. The van der Waals surface area contributed by atoms with Crippen molar-refractivity contribution in [3.8, 4) is 0 Å². The van der Waals surface area contributed by atoms with Crippen molar-refractivity contribution in [2.75, 3.05) is 19.6 Å². The molecule has 9 heteroatoms. The molecule has 1 radical (unpaired) electrons. The van der Waals surface area contributed by atoms with E-state index in [0.29, 0.717) is 0 Å². The number of hydrogen-bond donors (Lipinski definition) is 4. The van der Waals surface area contributed by atoms with Gasteiger partial charge in [0.15, 0.2) is 5.78 Å². The van der Waals surface area contributed by atoms with Crippen LogP contribution in [-0.4, -0.2) is 55.6 Å².